The Kier molecular flexibility index (Phi) is 2.58. The number of nitrogens with zero attached hydrogens (tertiary/aromatic N) is 4. The van der Waals surface area contributed by atoms with E-state index in [1.54, 1.807) is 12.4 Å². The normalized spacial score (nSPS) is 17.9. The molecule has 14 heavy (non-hydrogen) atoms. The number of hydrogen-bond donors (Lipinski definition) is 1. The Morgan fingerprint density at radius 2 is 2.36 bits per heavy atom. The van der Waals surface area contributed by atoms with Crippen LogP contribution >= 0.6 is 0 Å². The van der Waals surface area contributed by atoms with Gasteiger partial charge < -0.3 is 10.6 Å². The molecule has 1 heterocycles. The molecule has 5 nitrogen and oxygen atoms in total. The van der Waals surface area contributed by atoms with Gasteiger partial charge in [0.15, 0.2) is 0 Å². The largest absolute Gasteiger partial charge is 0.335 e. The number of anilines is 1. The maximum absolute atomic E-state index is 5.78. The van der Waals surface area contributed by atoms with Crippen molar-refractivity contribution in [1.29, 1.82) is 0 Å². The number of hydrogen-bond acceptors (Lipinski definition) is 5. The van der Waals surface area contributed by atoms with Crippen molar-refractivity contribution in [2.45, 2.75) is 31.8 Å². The summed E-state index contributed by atoms with van der Waals surface area (Å²) in [6.07, 6.45) is 5.68. The van der Waals surface area contributed by atoms with Crippen molar-refractivity contribution in [3.63, 3.8) is 0 Å². The molecule has 1 atom stereocenters. The quantitative estimate of drug-likeness (QED) is 0.739. The van der Waals surface area contributed by atoms with Gasteiger partial charge in [-0.05, 0) is 19.8 Å². The Bertz CT molecular complexity index is 283. The minimum absolute atomic E-state index is 0.138. The van der Waals surface area contributed by atoms with Crippen molar-refractivity contribution in [3.05, 3.63) is 12.4 Å². The standard InChI is InChI=1S/C9H15N5/c1-7(10)6-14(8-2-3-8)9-11-4-5-12-13-9/h4-5,7-8H,2-3,6,10H2,1H3. The first-order chi connectivity index (χ1) is 6.77. The van der Waals surface area contributed by atoms with Gasteiger partial charge >= 0.3 is 0 Å². The van der Waals surface area contributed by atoms with Gasteiger partial charge in [0.25, 0.3) is 0 Å². The van der Waals surface area contributed by atoms with Gasteiger partial charge in [-0.25, -0.2) is 4.98 Å². The zero-order chi connectivity index (χ0) is 9.97. The molecule has 0 saturated heterocycles. The van der Waals surface area contributed by atoms with Crippen molar-refractivity contribution in [2.75, 3.05) is 11.4 Å². The lowest BCUT2D eigenvalue weighted by Crippen LogP contribution is -2.38. The fourth-order valence-electron chi connectivity index (χ4n) is 1.46. The molecule has 2 rings (SSSR count). The van der Waals surface area contributed by atoms with E-state index in [4.69, 9.17) is 5.73 Å². The highest BCUT2D eigenvalue weighted by molar-refractivity contribution is 5.32. The highest BCUT2D eigenvalue weighted by Gasteiger charge is 2.31. The van der Waals surface area contributed by atoms with E-state index in [0.29, 0.717) is 12.0 Å². The van der Waals surface area contributed by atoms with Crippen molar-refractivity contribution >= 4 is 5.95 Å². The summed E-state index contributed by atoms with van der Waals surface area (Å²) in [5, 5.41) is 7.83. The van der Waals surface area contributed by atoms with Crippen LogP contribution in [0.2, 0.25) is 0 Å². The van der Waals surface area contributed by atoms with E-state index < -0.39 is 0 Å². The van der Waals surface area contributed by atoms with Crippen LogP contribution in [0.25, 0.3) is 0 Å². The predicted octanol–water partition coefficient (Wildman–Crippen LogP) is 0.188. The lowest BCUT2D eigenvalue weighted by Gasteiger charge is -2.23. The SMILES string of the molecule is CC(N)CN(c1nccnn1)C1CC1. The zero-order valence-corrected chi connectivity index (χ0v) is 8.30. The summed E-state index contributed by atoms with van der Waals surface area (Å²) in [4.78, 5) is 6.34. The smallest absolute Gasteiger partial charge is 0.245 e. The van der Waals surface area contributed by atoms with Gasteiger partial charge in [0, 0.05) is 18.6 Å². The van der Waals surface area contributed by atoms with Crippen LogP contribution in [0.1, 0.15) is 19.8 Å². The molecule has 0 spiro atoms. The second-order valence-electron chi connectivity index (χ2n) is 3.80. The zero-order valence-electron chi connectivity index (χ0n) is 8.30. The molecule has 1 aliphatic rings. The van der Waals surface area contributed by atoms with Crippen LogP contribution in [0.4, 0.5) is 5.95 Å². The van der Waals surface area contributed by atoms with E-state index in [9.17, 15) is 0 Å². The van der Waals surface area contributed by atoms with E-state index in [1.165, 1.54) is 12.8 Å². The summed E-state index contributed by atoms with van der Waals surface area (Å²) in [5.74, 6) is 0.701. The molecule has 1 saturated carbocycles. The topological polar surface area (TPSA) is 67.9 Å². The van der Waals surface area contributed by atoms with E-state index in [1.807, 2.05) is 6.92 Å². The number of rotatable bonds is 4. The van der Waals surface area contributed by atoms with E-state index in [-0.39, 0.29) is 6.04 Å². The third-order valence-corrected chi connectivity index (χ3v) is 2.20. The molecule has 0 aliphatic heterocycles. The number of aromatic nitrogens is 3. The molecule has 1 fully saturated rings. The van der Waals surface area contributed by atoms with Crippen LogP contribution in [0.3, 0.4) is 0 Å². The van der Waals surface area contributed by atoms with Crippen LogP contribution in [0.15, 0.2) is 12.4 Å². The molecule has 1 aromatic rings. The molecule has 1 unspecified atom stereocenters. The predicted molar refractivity (Wildman–Crippen MR) is 53.8 cm³/mol. The maximum Gasteiger partial charge on any atom is 0.245 e. The molecule has 76 valence electrons. The monoisotopic (exact) mass is 193 g/mol. The number of nitrogens with two attached hydrogens (primary N) is 1. The summed E-state index contributed by atoms with van der Waals surface area (Å²) in [6, 6.07) is 0.713. The molecular weight excluding hydrogens is 178 g/mol. The van der Waals surface area contributed by atoms with E-state index in [2.05, 4.69) is 20.1 Å². The van der Waals surface area contributed by atoms with Gasteiger partial charge in [-0.15, -0.1) is 5.10 Å². The first kappa shape index (κ1) is 9.33. The van der Waals surface area contributed by atoms with Crippen molar-refractivity contribution in [3.8, 4) is 0 Å². The molecule has 5 heteroatoms. The van der Waals surface area contributed by atoms with Crippen LogP contribution in [-0.4, -0.2) is 33.8 Å². The molecule has 1 aromatic heterocycles. The van der Waals surface area contributed by atoms with E-state index in [0.717, 1.165) is 6.54 Å². The van der Waals surface area contributed by atoms with Gasteiger partial charge in [0.2, 0.25) is 5.95 Å². The lowest BCUT2D eigenvalue weighted by atomic mass is 10.3. The summed E-state index contributed by atoms with van der Waals surface area (Å²) in [7, 11) is 0. The molecule has 2 N–H and O–H groups in total. The minimum Gasteiger partial charge on any atom is -0.335 e. The average Bonchev–Trinajstić information content (AvgIpc) is 2.99. The van der Waals surface area contributed by atoms with Gasteiger partial charge in [0.05, 0.1) is 12.4 Å². The summed E-state index contributed by atoms with van der Waals surface area (Å²) in [5.41, 5.74) is 5.78. The second-order valence-corrected chi connectivity index (χ2v) is 3.80. The molecule has 0 bridgehead atoms. The Morgan fingerprint density at radius 1 is 1.57 bits per heavy atom. The fraction of sp³-hybridized carbons (Fsp3) is 0.667. The first-order valence-electron chi connectivity index (χ1n) is 4.93. The summed E-state index contributed by atoms with van der Waals surface area (Å²) in [6.45, 7) is 2.79. The Morgan fingerprint density at radius 3 is 2.86 bits per heavy atom. The van der Waals surface area contributed by atoms with E-state index >= 15 is 0 Å². The molecule has 1 aliphatic carbocycles. The second kappa shape index (κ2) is 3.88. The third-order valence-electron chi connectivity index (χ3n) is 2.20. The minimum atomic E-state index is 0.138. The fourth-order valence-corrected chi connectivity index (χ4v) is 1.46. The van der Waals surface area contributed by atoms with Crippen molar-refractivity contribution in [1.82, 2.24) is 15.2 Å². The van der Waals surface area contributed by atoms with Crippen molar-refractivity contribution in [2.24, 2.45) is 5.73 Å². The molecule has 0 amide bonds. The molecule has 0 radical (unpaired) electrons. The lowest BCUT2D eigenvalue weighted by molar-refractivity contribution is 0.652. The highest BCUT2D eigenvalue weighted by atomic mass is 15.3. The summed E-state index contributed by atoms with van der Waals surface area (Å²) < 4.78 is 0. The highest BCUT2D eigenvalue weighted by Crippen LogP contribution is 2.29. The van der Waals surface area contributed by atoms with Crippen molar-refractivity contribution < 1.29 is 0 Å². The Balaban J connectivity index is 2.10. The maximum atomic E-state index is 5.78. The third kappa shape index (κ3) is 2.17. The Hall–Kier alpha value is -1.23. The van der Waals surface area contributed by atoms with Crippen LogP contribution < -0.4 is 10.6 Å². The van der Waals surface area contributed by atoms with Crippen LogP contribution in [-0.2, 0) is 0 Å². The van der Waals surface area contributed by atoms with Gasteiger partial charge in [-0.3, -0.25) is 0 Å². The molecule has 0 aromatic carbocycles. The van der Waals surface area contributed by atoms with Gasteiger partial charge in [-0.1, -0.05) is 0 Å². The summed E-state index contributed by atoms with van der Waals surface area (Å²) >= 11 is 0. The Labute approximate surface area is 83.3 Å². The van der Waals surface area contributed by atoms with Gasteiger partial charge in [-0.2, -0.15) is 5.10 Å². The van der Waals surface area contributed by atoms with Gasteiger partial charge in [0.1, 0.15) is 0 Å². The van der Waals surface area contributed by atoms with Crippen LogP contribution in [0, 0.1) is 0 Å². The molecular formula is C9H15N5. The first-order valence-corrected chi connectivity index (χ1v) is 4.93. The van der Waals surface area contributed by atoms with Crippen LogP contribution in [0.5, 0.6) is 0 Å². The average molecular weight is 193 g/mol.